The van der Waals surface area contributed by atoms with Crippen LogP contribution in [0.4, 0.5) is 5.82 Å². The van der Waals surface area contributed by atoms with Crippen LogP contribution in [0, 0.1) is 10.1 Å². The third kappa shape index (κ3) is 3.93. The van der Waals surface area contributed by atoms with Gasteiger partial charge in [-0.3, -0.25) is 0 Å². The Labute approximate surface area is 191 Å². The van der Waals surface area contributed by atoms with E-state index < -0.39 is 0 Å². The minimum Gasteiger partial charge on any atom is -0.494 e. The minimum atomic E-state index is -0.329. The highest BCUT2D eigenvalue weighted by Gasteiger charge is 2.27. The van der Waals surface area contributed by atoms with Crippen LogP contribution in [0.5, 0.6) is 5.75 Å². The third-order valence-electron chi connectivity index (χ3n) is 5.86. The average molecular weight is 444 g/mol. The highest BCUT2D eigenvalue weighted by molar-refractivity contribution is 6.02. The van der Waals surface area contributed by atoms with Gasteiger partial charge in [-0.15, -0.1) is 5.01 Å². The second-order valence-electron chi connectivity index (χ2n) is 7.78. The van der Waals surface area contributed by atoms with Crippen molar-refractivity contribution >= 4 is 16.9 Å². The van der Waals surface area contributed by atoms with Gasteiger partial charge in [0.1, 0.15) is 17.9 Å². The molecule has 4 aromatic rings. The Morgan fingerprint density at radius 2 is 1.73 bits per heavy atom. The molecule has 1 aliphatic heterocycles. The second-order valence-corrected chi connectivity index (χ2v) is 7.78. The van der Waals surface area contributed by atoms with Crippen molar-refractivity contribution in [2.45, 2.75) is 6.92 Å². The van der Waals surface area contributed by atoms with Gasteiger partial charge >= 0.3 is 0 Å². The lowest BCUT2D eigenvalue weighted by Crippen LogP contribution is -2.48. The Morgan fingerprint density at radius 3 is 2.39 bits per heavy atom. The van der Waals surface area contributed by atoms with E-state index in [0.717, 1.165) is 39.4 Å². The number of rotatable bonds is 6. The van der Waals surface area contributed by atoms with E-state index in [1.165, 1.54) is 5.01 Å². The molecule has 168 valence electrons. The summed E-state index contributed by atoms with van der Waals surface area (Å²) >= 11 is 0. The lowest BCUT2D eigenvalue weighted by Gasteiger charge is -2.31. The van der Waals surface area contributed by atoms with Crippen LogP contribution >= 0.6 is 0 Å². The van der Waals surface area contributed by atoms with Crippen LogP contribution in [0.25, 0.3) is 27.8 Å². The molecule has 5 rings (SSSR count). The monoisotopic (exact) mass is 444 g/mol. The molecule has 1 saturated heterocycles. The van der Waals surface area contributed by atoms with E-state index in [0.29, 0.717) is 32.8 Å². The fourth-order valence-corrected chi connectivity index (χ4v) is 4.26. The lowest BCUT2D eigenvalue weighted by molar-refractivity contribution is -0.655. The molecular formula is C24H24N6O3. The third-order valence-corrected chi connectivity index (χ3v) is 5.86. The largest absolute Gasteiger partial charge is 0.494 e. The smallest absolute Gasteiger partial charge is 0.160 e. The summed E-state index contributed by atoms with van der Waals surface area (Å²) in [4.78, 5) is 22.5. The van der Waals surface area contributed by atoms with Crippen molar-refractivity contribution in [1.82, 2.24) is 19.5 Å². The molecule has 0 radical (unpaired) electrons. The SMILES string of the molecule is CCOc1ccc(-n2cc(-c3ccccc3)c3c(N4CCN([N+](=O)[O-])CC4)ncnc32)cc1. The number of fused-ring (bicyclic) bond motifs is 1. The summed E-state index contributed by atoms with van der Waals surface area (Å²) in [5, 5.41) is 13.0. The number of anilines is 1. The molecule has 2 aromatic carbocycles. The minimum absolute atomic E-state index is 0.329. The van der Waals surface area contributed by atoms with Crippen molar-refractivity contribution in [3.63, 3.8) is 0 Å². The van der Waals surface area contributed by atoms with E-state index in [1.807, 2.05) is 49.4 Å². The second kappa shape index (κ2) is 8.78. The Balaban J connectivity index is 1.63. The number of nitrogens with zero attached hydrogens (tertiary/aromatic N) is 6. The predicted molar refractivity (Wildman–Crippen MR) is 126 cm³/mol. The normalized spacial score (nSPS) is 14.0. The molecular weight excluding hydrogens is 420 g/mol. The zero-order chi connectivity index (χ0) is 22.8. The number of aromatic nitrogens is 3. The number of benzene rings is 2. The average Bonchev–Trinajstić information content (AvgIpc) is 3.25. The van der Waals surface area contributed by atoms with E-state index >= 15 is 0 Å². The molecule has 3 heterocycles. The van der Waals surface area contributed by atoms with Gasteiger partial charge in [0.05, 0.1) is 25.1 Å². The van der Waals surface area contributed by atoms with Crippen molar-refractivity contribution in [1.29, 1.82) is 0 Å². The van der Waals surface area contributed by atoms with Crippen molar-refractivity contribution in [2.24, 2.45) is 0 Å². The highest BCUT2D eigenvalue weighted by Crippen LogP contribution is 2.37. The van der Waals surface area contributed by atoms with Gasteiger partial charge in [0.15, 0.2) is 10.7 Å². The molecule has 33 heavy (non-hydrogen) atoms. The van der Waals surface area contributed by atoms with Crippen LogP contribution in [0.2, 0.25) is 0 Å². The maximum absolute atomic E-state index is 11.1. The molecule has 0 aliphatic carbocycles. The fraction of sp³-hybridized carbons (Fsp3) is 0.250. The summed E-state index contributed by atoms with van der Waals surface area (Å²) in [7, 11) is 0. The topological polar surface area (TPSA) is 89.6 Å². The van der Waals surface area contributed by atoms with Crippen LogP contribution in [0.15, 0.2) is 67.1 Å². The summed E-state index contributed by atoms with van der Waals surface area (Å²) in [5.41, 5.74) is 3.84. The Kier molecular flexibility index (Phi) is 5.52. The molecule has 2 aromatic heterocycles. The molecule has 1 aliphatic rings. The van der Waals surface area contributed by atoms with E-state index in [9.17, 15) is 10.1 Å². The Bertz CT molecular complexity index is 1260. The molecule has 0 N–H and O–H groups in total. The summed E-state index contributed by atoms with van der Waals surface area (Å²) in [6.45, 7) is 4.32. The zero-order valence-electron chi connectivity index (χ0n) is 18.3. The van der Waals surface area contributed by atoms with Crippen LogP contribution < -0.4 is 9.64 Å². The fourth-order valence-electron chi connectivity index (χ4n) is 4.26. The van der Waals surface area contributed by atoms with Crippen molar-refractivity contribution in [3.8, 4) is 22.6 Å². The molecule has 1 fully saturated rings. The van der Waals surface area contributed by atoms with E-state index in [1.54, 1.807) is 6.33 Å². The molecule has 9 heteroatoms. The molecule has 0 spiro atoms. The van der Waals surface area contributed by atoms with E-state index in [-0.39, 0.29) is 5.03 Å². The molecule has 0 bridgehead atoms. The number of hydrogen-bond donors (Lipinski definition) is 0. The van der Waals surface area contributed by atoms with Gasteiger partial charge in [0.2, 0.25) is 0 Å². The van der Waals surface area contributed by atoms with Crippen LogP contribution in [0.1, 0.15) is 6.92 Å². The summed E-state index contributed by atoms with van der Waals surface area (Å²) in [6, 6.07) is 18.1. The first-order chi connectivity index (χ1) is 16.2. The number of hydrazine groups is 1. The van der Waals surface area contributed by atoms with Gasteiger partial charge in [-0.2, -0.15) is 0 Å². The van der Waals surface area contributed by atoms with Crippen molar-refractivity contribution in [2.75, 3.05) is 37.7 Å². The first kappa shape index (κ1) is 20.7. The van der Waals surface area contributed by atoms with E-state index in [2.05, 4.69) is 37.8 Å². The van der Waals surface area contributed by atoms with E-state index in [4.69, 9.17) is 4.74 Å². The zero-order valence-corrected chi connectivity index (χ0v) is 18.3. The Morgan fingerprint density at radius 1 is 1.00 bits per heavy atom. The van der Waals surface area contributed by atoms with Gasteiger partial charge in [0.25, 0.3) is 0 Å². The first-order valence-electron chi connectivity index (χ1n) is 10.9. The van der Waals surface area contributed by atoms with Gasteiger partial charge in [0, 0.05) is 30.5 Å². The van der Waals surface area contributed by atoms with Gasteiger partial charge < -0.3 is 14.2 Å². The van der Waals surface area contributed by atoms with Crippen LogP contribution in [-0.4, -0.2) is 57.4 Å². The molecule has 0 saturated carbocycles. The summed E-state index contributed by atoms with van der Waals surface area (Å²) < 4.78 is 7.65. The van der Waals surface area contributed by atoms with Gasteiger partial charge in [-0.25, -0.2) is 20.1 Å². The summed E-state index contributed by atoms with van der Waals surface area (Å²) in [5.74, 6) is 1.62. The van der Waals surface area contributed by atoms with Crippen LogP contribution in [0.3, 0.4) is 0 Å². The quantitative estimate of drug-likeness (QED) is 0.330. The Hall–Kier alpha value is -4.14. The molecule has 0 unspecified atom stereocenters. The maximum Gasteiger partial charge on any atom is 0.160 e. The van der Waals surface area contributed by atoms with Crippen molar-refractivity contribution in [3.05, 3.63) is 77.2 Å². The standard InChI is InChI=1S/C24H24N6O3/c1-2-33-20-10-8-19(9-11-20)29-16-21(18-6-4-3-5-7-18)22-23(25-17-26-24(22)29)27-12-14-28(15-13-27)30(31)32/h3-11,16-17H,2,12-15H2,1H3. The molecule has 0 amide bonds. The predicted octanol–water partition coefficient (Wildman–Crippen LogP) is 3.80. The molecule has 9 nitrogen and oxygen atoms in total. The van der Waals surface area contributed by atoms with Gasteiger partial charge in [-0.1, -0.05) is 30.3 Å². The number of nitro groups is 1. The van der Waals surface area contributed by atoms with Crippen LogP contribution in [-0.2, 0) is 0 Å². The number of ether oxygens (including phenoxy) is 1. The number of piperazine rings is 1. The molecule has 0 atom stereocenters. The highest BCUT2D eigenvalue weighted by atomic mass is 16.7. The van der Waals surface area contributed by atoms with Gasteiger partial charge in [-0.05, 0) is 36.8 Å². The maximum atomic E-state index is 11.1. The number of hydrogen-bond acceptors (Lipinski definition) is 6. The van der Waals surface area contributed by atoms with Crippen molar-refractivity contribution < 1.29 is 9.77 Å². The summed E-state index contributed by atoms with van der Waals surface area (Å²) in [6.07, 6.45) is 3.65. The first-order valence-corrected chi connectivity index (χ1v) is 10.9. The lowest BCUT2D eigenvalue weighted by atomic mass is 10.1.